The normalized spacial score (nSPS) is 15.3. The lowest BCUT2D eigenvalue weighted by Gasteiger charge is -2.15. The Labute approximate surface area is 167 Å². The van der Waals surface area contributed by atoms with E-state index in [1.54, 1.807) is 31.3 Å². The van der Waals surface area contributed by atoms with Crippen LogP contribution in [0, 0.1) is 0 Å². The quantitative estimate of drug-likeness (QED) is 0.517. The molecule has 0 aromatic heterocycles. The molecule has 1 amide bonds. The highest BCUT2D eigenvalue weighted by molar-refractivity contribution is 8.26. The Hall–Kier alpha value is -2.51. The molecule has 0 unspecified atom stereocenters. The van der Waals surface area contributed by atoms with Gasteiger partial charge in [0.2, 0.25) is 0 Å². The van der Waals surface area contributed by atoms with Crippen LogP contribution in [0.5, 0.6) is 17.2 Å². The van der Waals surface area contributed by atoms with E-state index in [1.807, 2.05) is 42.5 Å². The van der Waals surface area contributed by atoms with E-state index in [2.05, 4.69) is 0 Å². The van der Waals surface area contributed by atoms with Gasteiger partial charge >= 0.3 is 0 Å². The molecule has 2 aromatic rings. The first-order chi connectivity index (χ1) is 13.1. The minimum atomic E-state index is -0.133. The maximum Gasteiger partial charge on any atom is 0.266 e. The van der Waals surface area contributed by atoms with Crippen LogP contribution in [0.25, 0.3) is 6.08 Å². The summed E-state index contributed by atoms with van der Waals surface area (Å²) in [6, 6.07) is 14.9. The maximum atomic E-state index is 12.7. The van der Waals surface area contributed by atoms with Gasteiger partial charge in [-0.15, -0.1) is 0 Å². The summed E-state index contributed by atoms with van der Waals surface area (Å²) in [6.07, 6.45) is 1.78. The molecule has 1 aliphatic rings. The summed E-state index contributed by atoms with van der Waals surface area (Å²) in [5.74, 6) is 1.98. The van der Waals surface area contributed by atoms with Gasteiger partial charge in [0.1, 0.15) is 28.2 Å². The second-order valence-corrected chi connectivity index (χ2v) is 7.28. The highest BCUT2D eigenvalue weighted by atomic mass is 32.2. The Bertz CT molecular complexity index is 868. The molecule has 2 aromatic carbocycles. The molecule has 1 saturated heterocycles. The first-order valence-electron chi connectivity index (χ1n) is 8.27. The molecule has 27 heavy (non-hydrogen) atoms. The van der Waals surface area contributed by atoms with Crippen LogP contribution in [0.1, 0.15) is 5.56 Å². The van der Waals surface area contributed by atoms with E-state index in [4.69, 9.17) is 26.4 Å². The Balaban J connectivity index is 1.71. The van der Waals surface area contributed by atoms with Crippen LogP contribution >= 0.6 is 24.0 Å². The van der Waals surface area contributed by atoms with Crippen LogP contribution in [0.2, 0.25) is 0 Å². The number of methoxy groups -OCH3 is 2. The number of thiocarbonyl (C=S) groups is 1. The lowest BCUT2D eigenvalue weighted by Crippen LogP contribution is -2.32. The molecular formula is C20H19NO4S2. The van der Waals surface area contributed by atoms with E-state index >= 15 is 0 Å². The number of carbonyl (C=O) groups excluding carboxylic acids is 1. The summed E-state index contributed by atoms with van der Waals surface area (Å²) >= 11 is 6.64. The van der Waals surface area contributed by atoms with Crippen LogP contribution in [0.3, 0.4) is 0 Å². The molecule has 0 aliphatic carbocycles. The zero-order valence-electron chi connectivity index (χ0n) is 15.0. The number of thioether (sulfide) groups is 1. The average molecular weight is 402 g/mol. The van der Waals surface area contributed by atoms with E-state index in [-0.39, 0.29) is 5.91 Å². The third kappa shape index (κ3) is 4.61. The Kier molecular flexibility index (Phi) is 6.36. The maximum absolute atomic E-state index is 12.7. The van der Waals surface area contributed by atoms with E-state index in [0.29, 0.717) is 33.9 Å². The fourth-order valence-electron chi connectivity index (χ4n) is 2.56. The highest BCUT2D eigenvalue weighted by Crippen LogP contribution is 2.35. The van der Waals surface area contributed by atoms with Crippen LogP contribution < -0.4 is 14.2 Å². The van der Waals surface area contributed by atoms with Crippen molar-refractivity contribution in [1.29, 1.82) is 0 Å². The zero-order chi connectivity index (χ0) is 19.2. The SMILES string of the molecule is COc1ccc(OC)c(C=C2SC(=S)N(CCOc3ccccc3)C2=O)c1. The summed E-state index contributed by atoms with van der Waals surface area (Å²) in [4.78, 5) is 14.8. The van der Waals surface area contributed by atoms with Gasteiger partial charge in [-0.1, -0.05) is 42.2 Å². The van der Waals surface area contributed by atoms with Crippen molar-refractivity contribution in [2.45, 2.75) is 0 Å². The van der Waals surface area contributed by atoms with Gasteiger partial charge in [0.05, 0.1) is 25.7 Å². The summed E-state index contributed by atoms with van der Waals surface area (Å²) in [6.45, 7) is 0.762. The molecule has 0 bridgehead atoms. The van der Waals surface area contributed by atoms with Crippen molar-refractivity contribution in [1.82, 2.24) is 4.90 Å². The van der Waals surface area contributed by atoms with Crippen LogP contribution in [0.15, 0.2) is 53.4 Å². The van der Waals surface area contributed by atoms with Crippen molar-refractivity contribution in [3.05, 3.63) is 59.0 Å². The average Bonchev–Trinajstić information content (AvgIpc) is 2.96. The van der Waals surface area contributed by atoms with Gasteiger partial charge in [-0.25, -0.2) is 0 Å². The Morgan fingerprint density at radius 1 is 1.07 bits per heavy atom. The van der Waals surface area contributed by atoms with Gasteiger partial charge in [0, 0.05) is 5.56 Å². The third-order valence-corrected chi connectivity index (χ3v) is 5.30. The molecule has 0 N–H and O–H groups in total. The fraction of sp³-hybridized carbons (Fsp3) is 0.200. The van der Waals surface area contributed by atoms with E-state index in [9.17, 15) is 4.79 Å². The summed E-state index contributed by atoms with van der Waals surface area (Å²) in [5, 5.41) is 0. The Morgan fingerprint density at radius 2 is 1.85 bits per heavy atom. The van der Waals surface area contributed by atoms with Gasteiger partial charge in [-0.3, -0.25) is 9.69 Å². The number of carbonyl (C=O) groups is 1. The van der Waals surface area contributed by atoms with Crippen molar-refractivity contribution in [2.24, 2.45) is 0 Å². The van der Waals surface area contributed by atoms with Crippen molar-refractivity contribution in [3.63, 3.8) is 0 Å². The molecule has 1 aliphatic heterocycles. The van der Waals surface area contributed by atoms with Gasteiger partial charge in [-0.05, 0) is 36.4 Å². The van der Waals surface area contributed by atoms with Crippen molar-refractivity contribution >= 4 is 40.3 Å². The Morgan fingerprint density at radius 3 is 2.56 bits per heavy atom. The minimum Gasteiger partial charge on any atom is -0.497 e. The highest BCUT2D eigenvalue weighted by Gasteiger charge is 2.32. The van der Waals surface area contributed by atoms with Crippen molar-refractivity contribution in [3.8, 4) is 17.2 Å². The molecule has 0 spiro atoms. The molecule has 1 heterocycles. The van der Waals surface area contributed by atoms with Crippen LogP contribution in [-0.2, 0) is 4.79 Å². The fourth-order valence-corrected chi connectivity index (χ4v) is 3.86. The molecule has 3 rings (SSSR count). The lowest BCUT2D eigenvalue weighted by molar-refractivity contribution is -0.122. The van der Waals surface area contributed by atoms with Gasteiger partial charge < -0.3 is 14.2 Å². The molecule has 0 atom stereocenters. The second-order valence-electron chi connectivity index (χ2n) is 5.60. The summed E-state index contributed by atoms with van der Waals surface area (Å²) in [5.41, 5.74) is 0.762. The van der Waals surface area contributed by atoms with Gasteiger partial charge in [0.25, 0.3) is 5.91 Å². The monoisotopic (exact) mass is 401 g/mol. The largest absolute Gasteiger partial charge is 0.497 e. The summed E-state index contributed by atoms with van der Waals surface area (Å²) in [7, 11) is 3.18. The zero-order valence-corrected chi connectivity index (χ0v) is 16.6. The van der Waals surface area contributed by atoms with E-state index in [0.717, 1.165) is 11.3 Å². The second kappa shape index (κ2) is 8.92. The third-order valence-electron chi connectivity index (χ3n) is 3.92. The minimum absolute atomic E-state index is 0.133. The number of ether oxygens (including phenoxy) is 3. The van der Waals surface area contributed by atoms with Crippen LogP contribution in [-0.4, -0.2) is 42.5 Å². The molecule has 1 fully saturated rings. The van der Waals surface area contributed by atoms with Crippen molar-refractivity contribution in [2.75, 3.05) is 27.4 Å². The van der Waals surface area contributed by atoms with Gasteiger partial charge in [-0.2, -0.15) is 0 Å². The molecular weight excluding hydrogens is 382 g/mol. The number of hydrogen-bond donors (Lipinski definition) is 0. The number of nitrogens with zero attached hydrogens (tertiary/aromatic N) is 1. The number of rotatable bonds is 7. The summed E-state index contributed by atoms with van der Waals surface area (Å²) < 4.78 is 16.8. The molecule has 5 nitrogen and oxygen atoms in total. The van der Waals surface area contributed by atoms with Crippen LogP contribution in [0.4, 0.5) is 0 Å². The van der Waals surface area contributed by atoms with E-state index < -0.39 is 0 Å². The lowest BCUT2D eigenvalue weighted by atomic mass is 10.1. The van der Waals surface area contributed by atoms with E-state index in [1.165, 1.54) is 11.8 Å². The topological polar surface area (TPSA) is 48.0 Å². The molecule has 0 saturated carbocycles. The molecule has 0 radical (unpaired) electrons. The molecule has 7 heteroatoms. The molecule has 140 valence electrons. The van der Waals surface area contributed by atoms with Crippen molar-refractivity contribution < 1.29 is 19.0 Å². The number of amides is 1. The number of benzene rings is 2. The standard InChI is InChI=1S/C20H19NO4S2/c1-23-16-8-9-17(24-2)14(12-16)13-18-19(22)21(20(26)27-18)10-11-25-15-6-4-3-5-7-15/h3-9,12-13H,10-11H2,1-2H3. The smallest absolute Gasteiger partial charge is 0.266 e. The first kappa shape index (κ1) is 19.3. The first-order valence-corrected chi connectivity index (χ1v) is 9.50. The van der Waals surface area contributed by atoms with Gasteiger partial charge in [0.15, 0.2) is 0 Å². The predicted molar refractivity (Wildman–Crippen MR) is 111 cm³/mol. The number of hydrogen-bond acceptors (Lipinski definition) is 6. The predicted octanol–water partition coefficient (Wildman–Crippen LogP) is 3.98. The number of para-hydroxylation sites is 1.